The van der Waals surface area contributed by atoms with Crippen molar-refractivity contribution in [3.05, 3.63) is 0 Å². The van der Waals surface area contributed by atoms with Crippen LogP contribution in [0, 0.1) is 0 Å². The van der Waals surface area contributed by atoms with Gasteiger partial charge < -0.3 is 10.6 Å². The van der Waals surface area contributed by atoms with Gasteiger partial charge in [-0.05, 0) is 32.8 Å². The van der Waals surface area contributed by atoms with E-state index in [-0.39, 0.29) is 12.4 Å². The number of nitrogens with zero attached hydrogens (tertiary/aromatic N) is 1. The molecule has 0 amide bonds. The molecule has 68 valence electrons. The molecule has 1 aliphatic rings. The summed E-state index contributed by atoms with van der Waals surface area (Å²) in [4.78, 5) is 1.34. The Morgan fingerprint density at radius 3 is 3.09 bits per heavy atom. The highest BCUT2D eigenvalue weighted by Crippen LogP contribution is 2.16. The molecule has 1 rings (SSSR count). The second-order valence-electron chi connectivity index (χ2n) is 3.29. The zero-order valence-corrected chi connectivity index (χ0v) is 7.58. The van der Waals surface area contributed by atoms with Crippen LogP contribution < -0.4 is 5.73 Å². The van der Waals surface area contributed by atoms with E-state index in [1.807, 2.05) is 6.92 Å². The van der Waals surface area contributed by atoms with Crippen molar-refractivity contribution < 1.29 is 6.85 Å². The van der Waals surface area contributed by atoms with Crippen molar-refractivity contribution in [1.29, 1.82) is 0 Å². The van der Waals surface area contributed by atoms with Gasteiger partial charge in [0, 0.05) is 18.9 Å². The van der Waals surface area contributed by atoms with E-state index < -0.39 is 18.9 Å². The summed E-state index contributed by atoms with van der Waals surface area (Å²) in [6, 6.07) is 0. The summed E-state index contributed by atoms with van der Waals surface area (Å²) in [7, 11) is 0. The Kier molecular flexibility index (Phi) is 1.97. The Morgan fingerprint density at radius 1 is 1.82 bits per heavy atom. The summed E-state index contributed by atoms with van der Waals surface area (Å²) in [6.45, 7) is -2.33. The van der Waals surface area contributed by atoms with Gasteiger partial charge >= 0.3 is 0 Å². The predicted octanol–water partition coefficient (Wildman–Crippen LogP) is 1.24. The number of hydrogen-bond acceptors (Lipinski definition) is 2. The molecule has 0 radical (unpaired) electrons. The highest BCUT2D eigenvalue weighted by Gasteiger charge is 2.25. The molecule has 0 unspecified atom stereocenters. The van der Waals surface area contributed by atoms with E-state index in [0.29, 0.717) is 13.1 Å². The lowest BCUT2D eigenvalue weighted by Gasteiger charge is -2.37. The predicted molar refractivity (Wildman–Crippen MR) is 51.2 cm³/mol. The van der Waals surface area contributed by atoms with Crippen molar-refractivity contribution in [3.8, 4) is 0 Å². The van der Waals surface area contributed by atoms with Gasteiger partial charge in [0.2, 0.25) is 0 Å². The maximum atomic E-state index is 7.62. The maximum Gasteiger partial charge on any atom is 0.0428 e. The minimum Gasteiger partial charge on any atom is -0.324 e. The molecule has 0 aromatic carbocycles. The summed E-state index contributed by atoms with van der Waals surface area (Å²) in [5.74, 6) is 0. The molecular weight excluding hydrogens is 160 g/mol. The number of hydrogen-bond donors (Lipinski definition) is 1. The third-order valence-electron chi connectivity index (χ3n) is 1.89. The van der Waals surface area contributed by atoms with E-state index in [1.54, 1.807) is 0 Å². The minimum atomic E-state index is -2.62. The van der Waals surface area contributed by atoms with Crippen molar-refractivity contribution in [2.45, 2.75) is 32.2 Å². The summed E-state index contributed by atoms with van der Waals surface area (Å²) < 4.78 is 36.8. The molecule has 11 heavy (non-hydrogen) atoms. The molecule has 1 heterocycles. The molecule has 1 saturated heterocycles. The summed E-state index contributed by atoms with van der Waals surface area (Å²) in [5.41, 5.74) is 5.43. The molecule has 0 aromatic rings. The topological polar surface area (TPSA) is 29.3 Å². The molecular formula is C8H19ClN2. The van der Waals surface area contributed by atoms with Gasteiger partial charge in [-0.3, -0.25) is 0 Å². The van der Waals surface area contributed by atoms with Crippen LogP contribution in [0.5, 0.6) is 0 Å². The Hall–Kier alpha value is 0.210. The zero-order valence-electron chi connectivity index (χ0n) is 11.8. The van der Waals surface area contributed by atoms with Crippen LogP contribution in [0.2, 0.25) is 0 Å². The number of piperidine rings is 1. The first-order chi connectivity index (χ1) is 6.56. The van der Waals surface area contributed by atoms with E-state index in [2.05, 4.69) is 0 Å². The average Bonchev–Trinajstić information content (AvgIpc) is 2.00. The number of likely N-dealkylation sites (N-methyl/N-ethyl adjacent to an activating group) is 1. The first-order valence-electron chi connectivity index (χ1n) is 6.10. The van der Waals surface area contributed by atoms with Crippen molar-refractivity contribution in [1.82, 2.24) is 4.90 Å². The van der Waals surface area contributed by atoms with Crippen molar-refractivity contribution in [2.75, 3.05) is 19.6 Å². The fraction of sp³-hybridized carbons (Fsp3) is 1.00. The number of likely N-dealkylation sites (tertiary alicyclic amines) is 1. The molecule has 1 atom stereocenters. The average molecular weight is 184 g/mol. The van der Waals surface area contributed by atoms with Gasteiger partial charge in [-0.2, -0.15) is 0 Å². The van der Waals surface area contributed by atoms with E-state index in [9.17, 15) is 0 Å². The van der Waals surface area contributed by atoms with Crippen molar-refractivity contribution >= 4 is 12.4 Å². The van der Waals surface area contributed by atoms with Crippen LogP contribution in [0.4, 0.5) is 0 Å². The van der Waals surface area contributed by atoms with E-state index in [1.165, 1.54) is 4.90 Å². The van der Waals surface area contributed by atoms with E-state index >= 15 is 0 Å². The quantitative estimate of drug-likeness (QED) is 0.663. The first kappa shape index (κ1) is 5.05. The normalized spacial score (nSPS) is 42.2. The minimum absolute atomic E-state index is 0. The Balaban J connectivity index is 0.00000225. The summed E-state index contributed by atoms with van der Waals surface area (Å²) >= 11 is 0. The number of rotatable bonds is 1. The third-order valence-corrected chi connectivity index (χ3v) is 1.89. The van der Waals surface area contributed by atoms with Crippen LogP contribution in [0.15, 0.2) is 0 Å². The van der Waals surface area contributed by atoms with Crippen LogP contribution in [0.3, 0.4) is 0 Å². The van der Waals surface area contributed by atoms with Gasteiger partial charge in [0.15, 0.2) is 0 Å². The number of halogens is 1. The molecule has 0 aromatic heterocycles. The smallest absolute Gasteiger partial charge is 0.0428 e. The molecule has 0 spiro atoms. The summed E-state index contributed by atoms with van der Waals surface area (Å²) in [5, 5.41) is 0. The second-order valence-corrected chi connectivity index (χ2v) is 3.29. The standard InChI is InChI=1S/C8H18N2.ClH/c1-3-10-6-4-5-8(2,9)7-10;/h3-7,9H2,1-2H3;1H/t8-;/m1./s1/i1D3,3D2;. The third kappa shape index (κ3) is 3.41. The van der Waals surface area contributed by atoms with Gasteiger partial charge in [-0.15, -0.1) is 12.4 Å². The lowest BCUT2D eigenvalue weighted by molar-refractivity contribution is 0.167. The van der Waals surface area contributed by atoms with Crippen LogP contribution in [-0.4, -0.2) is 30.0 Å². The molecule has 0 bridgehead atoms. The second kappa shape index (κ2) is 4.29. The van der Waals surface area contributed by atoms with Crippen LogP contribution in [0.1, 0.15) is 33.5 Å². The van der Waals surface area contributed by atoms with E-state index in [4.69, 9.17) is 12.6 Å². The number of nitrogens with two attached hydrogens (primary N) is 1. The largest absolute Gasteiger partial charge is 0.324 e. The Morgan fingerprint density at radius 2 is 2.55 bits per heavy atom. The van der Waals surface area contributed by atoms with Crippen LogP contribution in [0.25, 0.3) is 0 Å². The fourth-order valence-corrected chi connectivity index (χ4v) is 1.36. The lowest BCUT2D eigenvalue weighted by atomic mass is 9.92. The van der Waals surface area contributed by atoms with Crippen LogP contribution in [-0.2, 0) is 0 Å². The monoisotopic (exact) mass is 183 g/mol. The Labute approximate surface area is 82.6 Å². The molecule has 1 fully saturated rings. The highest BCUT2D eigenvalue weighted by molar-refractivity contribution is 5.85. The van der Waals surface area contributed by atoms with Crippen LogP contribution >= 0.6 is 12.4 Å². The van der Waals surface area contributed by atoms with E-state index in [0.717, 1.165) is 12.8 Å². The zero-order chi connectivity index (χ0) is 11.9. The molecule has 3 heteroatoms. The fourth-order valence-electron chi connectivity index (χ4n) is 1.36. The molecule has 2 nitrogen and oxygen atoms in total. The van der Waals surface area contributed by atoms with Crippen molar-refractivity contribution in [3.63, 3.8) is 0 Å². The maximum absolute atomic E-state index is 7.62. The van der Waals surface area contributed by atoms with Gasteiger partial charge in [0.1, 0.15) is 0 Å². The molecule has 0 saturated carbocycles. The summed E-state index contributed by atoms with van der Waals surface area (Å²) in [6.07, 6.45) is 1.54. The van der Waals surface area contributed by atoms with Gasteiger partial charge in [0.05, 0.1) is 0 Å². The molecule has 1 aliphatic heterocycles. The van der Waals surface area contributed by atoms with Gasteiger partial charge in [0.25, 0.3) is 0 Å². The van der Waals surface area contributed by atoms with Gasteiger partial charge in [-0.25, -0.2) is 0 Å². The first-order valence-corrected chi connectivity index (χ1v) is 3.60. The highest BCUT2D eigenvalue weighted by atomic mass is 35.5. The lowest BCUT2D eigenvalue weighted by Crippen LogP contribution is -2.51. The SMILES string of the molecule is Cl.[2H]C([2H])([2H])C([2H])([2H])N1CCC[C@@](C)(N)C1. The molecule has 0 aliphatic carbocycles. The molecule has 2 N–H and O–H groups in total. The Bertz CT molecular complexity index is 241. The van der Waals surface area contributed by atoms with Gasteiger partial charge in [-0.1, -0.05) is 6.85 Å². The van der Waals surface area contributed by atoms with Crippen molar-refractivity contribution in [2.24, 2.45) is 5.73 Å².